The fourth-order valence-corrected chi connectivity index (χ4v) is 4.45. The van der Waals surface area contributed by atoms with E-state index in [9.17, 15) is 4.79 Å². The zero-order valence-corrected chi connectivity index (χ0v) is 15.9. The van der Waals surface area contributed by atoms with Crippen LogP contribution in [0.2, 0.25) is 0 Å². The fraction of sp³-hybridized carbons (Fsp3) is 0.944. The van der Waals surface area contributed by atoms with Gasteiger partial charge in [-0.2, -0.15) is 0 Å². The number of hydrogen-bond donors (Lipinski definition) is 1. The van der Waals surface area contributed by atoms with Crippen LogP contribution in [0, 0.1) is 23.2 Å². The second kappa shape index (κ2) is 7.62. The summed E-state index contributed by atoms with van der Waals surface area (Å²) in [5.41, 5.74) is 5.47. The third-order valence-corrected chi connectivity index (χ3v) is 4.97. The number of amides is 1. The number of hydrogen-bond acceptors (Lipinski definition) is 2. The van der Waals surface area contributed by atoms with Gasteiger partial charge in [-0.3, -0.25) is 9.69 Å². The van der Waals surface area contributed by atoms with Crippen LogP contribution in [0.15, 0.2) is 0 Å². The molecule has 21 heavy (non-hydrogen) atoms. The first-order valence-corrected chi connectivity index (χ1v) is 8.49. The van der Waals surface area contributed by atoms with E-state index in [-0.39, 0.29) is 23.8 Å². The highest BCUT2D eigenvalue weighted by molar-refractivity contribution is 5.82. The van der Waals surface area contributed by atoms with E-state index >= 15 is 0 Å². The summed E-state index contributed by atoms with van der Waals surface area (Å²) < 4.78 is 0. The Morgan fingerprint density at radius 2 is 1.14 bits per heavy atom. The van der Waals surface area contributed by atoms with Gasteiger partial charge in [0.05, 0.1) is 5.41 Å². The average Bonchev–Trinajstić information content (AvgIpc) is 2.25. The van der Waals surface area contributed by atoms with E-state index in [1.54, 1.807) is 0 Å². The molecule has 0 aliphatic heterocycles. The van der Waals surface area contributed by atoms with Crippen molar-refractivity contribution in [2.45, 2.75) is 87.4 Å². The molecule has 3 heteroatoms. The molecular weight excluding hydrogens is 260 g/mol. The number of primary amides is 1. The van der Waals surface area contributed by atoms with Crippen molar-refractivity contribution in [2.75, 3.05) is 0 Å². The van der Waals surface area contributed by atoms with Gasteiger partial charge in [-0.25, -0.2) is 0 Å². The quantitative estimate of drug-likeness (QED) is 0.738. The molecule has 0 aliphatic rings. The second-order valence-corrected chi connectivity index (χ2v) is 7.93. The molecule has 0 aromatic carbocycles. The lowest BCUT2D eigenvalue weighted by atomic mass is 9.60. The van der Waals surface area contributed by atoms with Crippen LogP contribution < -0.4 is 5.73 Å². The first-order valence-electron chi connectivity index (χ1n) is 8.49. The monoisotopic (exact) mass is 298 g/mol. The maximum absolute atomic E-state index is 12.6. The molecule has 0 saturated carbocycles. The van der Waals surface area contributed by atoms with Crippen LogP contribution in [0.1, 0.15) is 69.2 Å². The molecule has 0 saturated heterocycles. The zero-order valence-electron chi connectivity index (χ0n) is 15.9. The van der Waals surface area contributed by atoms with Gasteiger partial charge < -0.3 is 5.73 Å². The Morgan fingerprint density at radius 3 is 1.29 bits per heavy atom. The number of nitrogens with two attached hydrogens (primary N) is 1. The van der Waals surface area contributed by atoms with Crippen molar-refractivity contribution in [3.63, 3.8) is 0 Å². The molecule has 1 amide bonds. The van der Waals surface area contributed by atoms with Gasteiger partial charge in [0, 0.05) is 18.1 Å². The highest BCUT2D eigenvalue weighted by Gasteiger charge is 2.53. The highest BCUT2D eigenvalue weighted by atomic mass is 16.1. The van der Waals surface area contributed by atoms with Crippen molar-refractivity contribution in [2.24, 2.45) is 28.9 Å². The summed E-state index contributed by atoms with van der Waals surface area (Å²) in [6.45, 7) is 21.8. The Hall–Kier alpha value is -0.570. The van der Waals surface area contributed by atoms with Gasteiger partial charge in [-0.1, -0.05) is 41.5 Å². The van der Waals surface area contributed by atoms with Crippen LogP contribution in [-0.2, 0) is 4.79 Å². The minimum Gasteiger partial charge on any atom is -0.369 e. The Labute approximate surface area is 132 Å². The number of carbonyl (C=O) groups is 1. The maximum atomic E-state index is 12.6. The van der Waals surface area contributed by atoms with E-state index in [1.807, 2.05) is 0 Å². The molecule has 0 aromatic heterocycles. The summed E-state index contributed by atoms with van der Waals surface area (Å²) in [5, 5.41) is 0. The van der Waals surface area contributed by atoms with Crippen molar-refractivity contribution in [1.82, 2.24) is 4.90 Å². The van der Waals surface area contributed by atoms with E-state index in [1.165, 1.54) is 0 Å². The van der Waals surface area contributed by atoms with Crippen molar-refractivity contribution in [3.8, 4) is 0 Å². The number of carbonyl (C=O) groups excluding carboxylic acids is 1. The molecule has 0 fully saturated rings. The smallest absolute Gasteiger partial charge is 0.225 e. The summed E-state index contributed by atoms with van der Waals surface area (Å²) >= 11 is 0. The average molecular weight is 299 g/mol. The van der Waals surface area contributed by atoms with Crippen molar-refractivity contribution < 1.29 is 4.79 Å². The zero-order chi connectivity index (χ0) is 17.1. The molecule has 2 N–H and O–H groups in total. The van der Waals surface area contributed by atoms with Gasteiger partial charge in [0.15, 0.2) is 0 Å². The lowest BCUT2D eigenvalue weighted by molar-refractivity contribution is -0.146. The standard InChI is InChI=1S/C18H38N2O/c1-11(2)16(20(14(7)8)15(9)10)18(12(3)4,13(5)6)17(19)21/h11-16H,1-10H3,(H2,19,21). The van der Waals surface area contributed by atoms with E-state index < -0.39 is 5.41 Å². The molecule has 0 aromatic rings. The highest BCUT2D eigenvalue weighted by Crippen LogP contribution is 2.45. The molecule has 1 unspecified atom stereocenters. The van der Waals surface area contributed by atoms with Gasteiger partial charge in [0.1, 0.15) is 0 Å². The molecular formula is C18H38N2O. The van der Waals surface area contributed by atoms with Crippen LogP contribution in [0.3, 0.4) is 0 Å². The second-order valence-electron chi connectivity index (χ2n) is 7.93. The largest absolute Gasteiger partial charge is 0.369 e. The molecule has 3 nitrogen and oxygen atoms in total. The van der Waals surface area contributed by atoms with E-state index in [0.29, 0.717) is 18.0 Å². The molecule has 0 radical (unpaired) electrons. The SMILES string of the molecule is CC(C)C(N(C(C)C)C(C)C)C(C(N)=O)(C(C)C)C(C)C. The van der Waals surface area contributed by atoms with E-state index in [2.05, 4.69) is 74.1 Å². The molecule has 1 atom stereocenters. The van der Waals surface area contributed by atoms with Crippen LogP contribution in [0.5, 0.6) is 0 Å². The maximum Gasteiger partial charge on any atom is 0.225 e. The van der Waals surface area contributed by atoms with Crippen molar-refractivity contribution >= 4 is 5.91 Å². The molecule has 0 bridgehead atoms. The summed E-state index contributed by atoms with van der Waals surface area (Å²) in [4.78, 5) is 15.1. The lowest BCUT2D eigenvalue weighted by Crippen LogP contribution is -2.64. The van der Waals surface area contributed by atoms with Gasteiger partial charge in [-0.15, -0.1) is 0 Å². The third-order valence-electron chi connectivity index (χ3n) is 4.97. The first kappa shape index (κ1) is 20.4. The Kier molecular flexibility index (Phi) is 7.41. The van der Waals surface area contributed by atoms with E-state index in [0.717, 1.165) is 0 Å². The third kappa shape index (κ3) is 3.80. The summed E-state index contributed by atoms with van der Waals surface area (Å²) in [5.74, 6) is 0.634. The molecule has 0 aliphatic carbocycles. The van der Waals surface area contributed by atoms with Crippen molar-refractivity contribution in [1.29, 1.82) is 0 Å². The molecule has 0 rings (SSSR count). The number of nitrogens with zero attached hydrogens (tertiary/aromatic N) is 1. The topological polar surface area (TPSA) is 46.3 Å². The minimum atomic E-state index is -0.511. The molecule has 0 spiro atoms. The van der Waals surface area contributed by atoms with Gasteiger partial charge in [0.2, 0.25) is 5.91 Å². The first-order chi connectivity index (χ1) is 9.42. The lowest BCUT2D eigenvalue weighted by Gasteiger charge is -2.53. The Morgan fingerprint density at radius 1 is 0.810 bits per heavy atom. The predicted molar refractivity (Wildman–Crippen MR) is 92.0 cm³/mol. The molecule has 0 heterocycles. The van der Waals surface area contributed by atoms with Gasteiger partial charge in [0.25, 0.3) is 0 Å². The van der Waals surface area contributed by atoms with Crippen LogP contribution in [-0.4, -0.2) is 28.9 Å². The normalized spacial score (nSPS) is 15.0. The summed E-state index contributed by atoms with van der Waals surface area (Å²) in [6.07, 6.45) is 0. The van der Waals surface area contributed by atoms with Crippen LogP contribution >= 0.6 is 0 Å². The molecule has 126 valence electrons. The fourth-order valence-electron chi connectivity index (χ4n) is 4.45. The Balaban J connectivity index is 6.26. The van der Waals surface area contributed by atoms with Crippen LogP contribution in [0.4, 0.5) is 0 Å². The summed E-state index contributed by atoms with van der Waals surface area (Å²) in [7, 11) is 0. The Bertz CT molecular complexity index is 316. The number of rotatable bonds is 8. The predicted octanol–water partition coefficient (Wildman–Crippen LogP) is 3.91. The minimum absolute atomic E-state index is 0.148. The summed E-state index contributed by atoms with van der Waals surface area (Å²) in [6, 6.07) is 0.914. The van der Waals surface area contributed by atoms with Gasteiger partial charge in [-0.05, 0) is 45.4 Å². The van der Waals surface area contributed by atoms with Crippen molar-refractivity contribution in [3.05, 3.63) is 0 Å². The van der Waals surface area contributed by atoms with Crippen LogP contribution in [0.25, 0.3) is 0 Å². The van der Waals surface area contributed by atoms with Gasteiger partial charge >= 0.3 is 0 Å². The van der Waals surface area contributed by atoms with E-state index in [4.69, 9.17) is 5.73 Å².